The SMILES string of the molecule is C[C@H](Nc1ncc(C#N)cn1)c1ccc(N2CCNCC2)cc1. The number of hydrogen-bond donors (Lipinski definition) is 2. The highest BCUT2D eigenvalue weighted by atomic mass is 15.2. The van der Waals surface area contributed by atoms with Crippen LogP contribution in [0.2, 0.25) is 0 Å². The average molecular weight is 308 g/mol. The second kappa shape index (κ2) is 7.07. The van der Waals surface area contributed by atoms with E-state index in [1.165, 1.54) is 23.6 Å². The summed E-state index contributed by atoms with van der Waals surface area (Å²) in [5.74, 6) is 0.530. The van der Waals surface area contributed by atoms with E-state index in [0.29, 0.717) is 11.5 Å². The molecule has 1 aliphatic heterocycles. The fourth-order valence-corrected chi connectivity index (χ4v) is 2.63. The molecule has 0 amide bonds. The molecule has 0 saturated carbocycles. The zero-order valence-corrected chi connectivity index (χ0v) is 13.2. The highest BCUT2D eigenvalue weighted by molar-refractivity contribution is 5.49. The predicted molar refractivity (Wildman–Crippen MR) is 90.3 cm³/mol. The van der Waals surface area contributed by atoms with E-state index in [4.69, 9.17) is 5.26 Å². The first-order chi connectivity index (χ1) is 11.3. The quantitative estimate of drug-likeness (QED) is 0.899. The molecule has 1 atom stereocenters. The van der Waals surface area contributed by atoms with Crippen LogP contribution in [0.4, 0.5) is 11.6 Å². The molecule has 1 aliphatic rings. The van der Waals surface area contributed by atoms with Crippen molar-refractivity contribution in [2.24, 2.45) is 0 Å². The molecule has 6 nitrogen and oxygen atoms in total. The van der Waals surface area contributed by atoms with Crippen molar-refractivity contribution in [1.82, 2.24) is 15.3 Å². The number of benzene rings is 1. The van der Waals surface area contributed by atoms with Gasteiger partial charge in [-0.05, 0) is 24.6 Å². The molecule has 0 bridgehead atoms. The van der Waals surface area contributed by atoms with Gasteiger partial charge >= 0.3 is 0 Å². The Balaban J connectivity index is 1.64. The summed E-state index contributed by atoms with van der Waals surface area (Å²) in [4.78, 5) is 10.7. The van der Waals surface area contributed by atoms with E-state index in [-0.39, 0.29) is 6.04 Å². The van der Waals surface area contributed by atoms with Crippen molar-refractivity contribution in [1.29, 1.82) is 5.26 Å². The molecule has 0 unspecified atom stereocenters. The molecule has 6 heteroatoms. The maximum atomic E-state index is 8.76. The molecule has 0 spiro atoms. The molecule has 2 heterocycles. The zero-order valence-electron chi connectivity index (χ0n) is 13.2. The Morgan fingerprint density at radius 3 is 2.43 bits per heavy atom. The number of nitrogens with zero attached hydrogens (tertiary/aromatic N) is 4. The van der Waals surface area contributed by atoms with Crippen molar-refractivity contribution in [2.75, 3.05) is 36.4 Å². The zero-order chi connectivity index (χ0) is 16.1. The summed E-state index contributed by atoms with van der Waals surface area (Å²) in [6.45, 7) is 6.24. The Hall–Kier alpha value is -2.65. The van der Waals surface area contributed by atoms with Crippen molar-refractivity contribution in [3.05, 3.63) is 47.8 Å². The van der Waals surface area contributed by atoms with Crippen molar-refractivity contribution < 1.29 is 0 Å². The molecular formula is C17H20N6. The number of piperazine rings is 1. The maximum absolute atomic E-state index is 8.76. The summed E-state index contributed by atoms with van der Waals surface area (Å²) in [7, 11) is 0. The summed E-state index contributed by atoms with van der Waals surface area (Å²) in [5, 5.41) is 15.4. The number of rotatable bonds is 4. The molecule has 0 aliphatic carbocycles. The largest absolute Gasteiger partial charge is 0.369 e. The number of hydrogen-bond acceptors (Lipinski definition) is 6. The molecule has 1 aromatic heterocycles. The number of nitriles is 1. The van der Waals surface area contributed by atoms with E-state index in [0.717, 1.165) is 26.2 Å². The van der Waals surface area contributed by atoms with Crippen LogP contribution < -0.4 is 15.5 Å². The van der Waals surface area contributed by atoms with Gasteiger partial charge in [0.2, 0.25) is 5.95 Å². The topological polar surface area (TPSA) is 76.9 Å². The molecule has 118 valence electrons. The molecule has 3 rings (SSSR count). The summed E-state index contributed by atoms with van der Waals surface area (Å²) in [5.41, 5.74) is 2.90. The van der Waals surface area contributed by atoms with E-state index in [1.54, 1.807) is 0 Å². The summed E-state index contributed by atoms with van der Waals surface area (Å²) in [6.07, 6.45) is 3.05. The third-order valence-electron chi connectivity index (χ3n) is 4.00. The van der Waals surface area contributed by atoms with Crippen LogP contribution in [0.15, 0.2) is 36.7 Å². The predicted octanol–water partition coefficient (Wildman–Crippen LogP) is 1.93. The summed E-state index contributed by atoms with van der Waals surface area (Å²) >= 11 is 0. The minimum atomic E-state index is 0.0972. The Kier molecular flexibility index (Phi) is 4.69. The van der Waals surface area contributed by atoms with Crippen molar-refractivity contribution in [3.63, 3.8) is 0 Å². The first-order valence-electron chi connectivity index (χ1n) is 7.80. The van der Waals surface area contributed by atoms with Crippen LogP contribution in [0.5, 0.6) is 0 Å². The van der Waals surface area contributed by atoms with E-state index in [1.807, 2.05) is 6.07 Å². The lowest BCUT2D eigenvalue weighted by Crippen LogP contribution is -2.43. The van der Waals surface area contributed by atoms with Crippen LogP contribution in [-0.2, 0) is 0 Å². The number of anilines is 2. The van der Waals surface area contributed by atoms with Crippen molar-refractivity contribution in [2.45, 2.75) is 13.0 Å². The van der Waals surface area contributed by atoms with Crippen molar-refractivity contribution >= 4 is 11.6 Å². The molecule has 2 N–H and O–H groups in total. The van der Waals surface area contributed by atoms with E-state index < -0.39 is 0 Å². The molecule has 1 aromatic carbocycles. The van der Waals surface area contributed by atoms with Gasteiger partial charge in [0, 0.05) is 31.9 Å². The van der Waals surface area contributed by atoms with Gasteiger partial charge in [0.15, 0.2) is 0 Å². The Morgan fingerprint density at radius 2 is 1.83 bits per heavy atom. The maximum Gasteiger partial charge on any atom is 0.223 e. The lowest BCUT2D eigenvalue weighted by atomic mass is 10.1. The second-order valence-electron chi connectivity index (χ2n) is 5.60. The third-order valence-corrected chi connectivity index (χ3v) is 4.00. The van der Waals surface area contributed by atoms with Gasteiger partial charge in [0.25, 0.3) is 0 Å². The van der Waals surface area contributed by atoms with E-state index in [2.05, 4.69) is 56.7 Å². The van der Waals surface area contributed by atoms with Gasteiger partial charge in [-0.3, -0.25) is 0 Å². The van der Waals surface area contributed by atoms with E-state index >= 15 is 0 Å². The lowest BCUT2D eigenvalue weighted by molar-refractivity contribution is 0.589. The average Bonchev–Trinajstić information content (AvgIpc) is 2.63. The van der Waals surface area contributed by atoms with Gasteiger partial charge in [-0.25, -0.2) is 9.97 Å². The Bertz CT molecular complexity index is 668. The summed E-state index contributed by atoms with van der Waals surface area (Å²) in [6, 6.07) is 10.7. The molecule has 1 saturated heterocycles. The Labute approximate surface area is 136 Å². The van der Waals surface area contributed by atoms with Crippen LogP contribution in [0.3, 0.4) is 0 Å². The van der Waals surface area contributed by atoms with E-state index in [9.17, 15) is 0 Å². The monoisotopic (exact) mass is 308 g/mol. The van der Waals surface area contributed by atoms with Crippen molar-refractivity contribution in [3.8, 4) is 6.07 Å². The van der Waals surface area contributed by atoms with Gasteiger partial charge in [0.05, 0.1) is 24.0 Å². The highest BCUT2D eigenvalue weighted by Crippen LogP contribution is 2.21. The first-order valence-corrected chi connectivity index (χ1v) is 7.80. The minimum Gasteiger partial charge on any atom is -0.369 e. The standard InChI is InChI=1S/C17H20N6/c1-13(22-17-20-11-14(10-18)12-21-17)15-2-4-16(5-3-15)23-8-6-19-7-9-23/h2-5,11-13,19H,6-9H2,1H3,(H,20,21,22)/t13-/m0/s1. The van der Waals surface area contributed by atoms with Crippen LogP contribution in [-0.4, -0.2) is 36.1 Å². The van der Waals surface area contributed by atoms with Gasteiger partial charge in [-0.15, -0.1) is 0 Å². The minimum absolute atomic E-state index is 0.0972. The van der Waals surface area contributed by atoms with Crippen LogP contribution in [0.1, 0.15) is 24.1 Å². The second-order valence-corrected chi connectivity index (χ2v) is 5.60. The molecular weight excluding hydrogens is 288 g/mol. The number of nitrogens with one attached hydrogen (secondary N) is 2. The summed E-state index contributed by atoms with van der Waals surface area (Å²) < 4.78 is 0. The third kappa shape index (κ3) is 3.76. The highest BCUT2D eigenvalue weighted by Gasteiger charge is 2.12. The van der Waals surface area contributed by atoms with Crippen LogP contribution >= 0.6 is 0 Å². The molecule has 2 aromatic rings. The van der Waals surface area contributed by atoms with Gasteiger partial charge in [-0.1, -0.05) is 12.1 Å². The van der Waals surface area contributed by atoms with Crippen LogP contribution in [0, 0.1) is 11.3 Å². The first kappa shape index (κ1) is 15.3. The fraction of sp³-hybridized carbons (Fsp3) is 0.353. The smallest absolute Gasteiger partial charge is 0.223 e. The fourth-order valence-electron chi connectivity index (χ4n) is 2.63. The normalized spacial score (nSPS) is 15.7. The van der Waals surface area contributed by atoms with Gasteiger partial charge in [0.1, 0.15) is 6.07 Å². The Morgan fingerprint density at radius 1 is 1.17 bits per heavy atom. The van der Waals surface area contributed by atoms with Gasteiger partial charge in [-0.2, -0.15) is 5.26 Å². The molecule has 1 fully saturated rings. The molecule has 23 heavy (non-hydrogen) atoms. The number of aromatic nitrogens is 2. The van der Waals surface area contributed by atoms with Gasteiger partial charge < -0.3 is 15.5 Å². The van der Waals surface area contributed by atoms with Crippen LogP contribution in [0.25, 0.3) is 0 Å². The lowest BCUT2D eigenvalue weighted by Gasteiger charge is -2.29. The molecule has 0 radical (unpaired) electrons.